The van der Waals surface area contributed by atoms with E-state index in [2.05, 4.69) is 0 Å². The molecular formula is C13H24O8. The Balaban J connectivity index is 1.92. The van der Waals surface area contributed by atoms with Gasteiger partial charge in [-0.2, -0.15) is 9.78 Å². The van der Waals surface area contributed by atoms with Gasteiger partial charge in [0.1, 0.15) is 24.4 Å². The zero-order chi connectivity index (χ0) is 15.8. The van der Waals surface area contributed by atoms with Gasteiger partial charge in [0.2, 0.25) is 6.29 Å². The first-order valence-corrected chi connectivity index (χ1v) is 6.88. The third kappa shape index (κ3) is 3.91. The minimum Gasteiger partial charge on any atom is -0.387 e. The topological polar surface area (TPSA) is 95.8 Å². The van der Waals surface area contributed by atoms with Gasteiger partial charge in [-0.1, -0.05) is 0 Å². The van der Waals surface area contributed by atoms with Gasteiger partial charge in [0.15, 0.2) is 11.6 Å². The fourth-order valence-corrected chi connectivity index (χ4v) is 2.13. The smallest absolute Gasteiger partial charge is 0.220 e. The van der Waals surface area contributed by atoms with Crippen molar-refractivity contribution < 1.29 is 38.9 Å². The quantitative estimate of drug-likeness (QED) is 0.413. The van der Waals surface area contributed by atoms with Crippen LogP contribution in [0.2, 0.25) is 0 Å². The molecule has 2 rings (SSSR count). The van der Waals surface area contributed by atoms with Crippen LogP contribution in [0.5, 0.6) is 0 Å². The van der Waals surface area contributed by atoms with Gasteiger partial charge in [-0.25, -0.2) is 0 Å². The molecular weight excluding hydrogens is 284 g/mol. The van der Waals surface area contributed by atoms with E-state index >= 15 is 0 Å². The molecule has 0 radical (unpaired) electrons. The summed E-state index contributed by atoms with van der Waals surface area (Å²) in [5.74, 6) is -1.74. The second kappa shape index (κ2) is 6.05. The van der Waals surface area contributed by atoms with E-state index in [9.17, 15) is 10.2 Å². The minimum absolute atomic E-state index is 0.262. The van der Waals surface area contributed by atoms with Crippen molar-refractivity contribution in [2.75, 3.05) is 13.7 Å². The normalized spacial score (nSPS) is 39.9. The van der Waals surface area contributed by atoms with Gasteiger partial charge >= 0.3 is 0 Å². The molecule has 2 N–H and O–H groups in total. The lowest BCUT2D eigenvalue weighted by atomic mass is 10.1. The van der Waals surface area contributed by atoms with Crippen molar-refractivity contribution in [3.8, 4) is 0 Å². The Morgan fingerprint density at radius 3 is 2.38 bits per heavy atom. The number of hydrogen-bond acceptors (Lipinski definition) is 8. The third-order valence-corrected chi connectivity index (χ3v) is 3.49. The van der Waals surface area contributed by atoms with Crippen molar-refractivity contribution in [3.05, 3.63) is 0 Å². The number of hydrogen-bond donors (Lipinski definition) is 2. The predicted molar refractivity (Wildman–Crippen MR) is 68.8 cm³/mol. The van der Waals surface area contributed by atoms with Gasteiger partial charge in [0, 0.05) is 7.11 Å². The lowest BCUT2D eigenvalue weighted by Crippen LogP contribution is -2.41. The number of aliphatic hydroxyl groups excluding tert-OH is 2. The lowest BCUT2D eigenvalue weighted by molar-refractivity contribution is -0.465. The Bertz CT molecular complexity index is 358. The maximum Gasteiger partial charge on any atom is 0.220 e. The van der Waals surface area contributed by atoms with Crippen molar-refractivity contribution in [1.29, 1.82) is 0 Å². The van der Waals surface area contributed by atoms with Crippen LogP contribution in [-0.2, 0) is 28.7 Å². The predicted octanol–water partition coefficient (Wildman–Crippen LogP) is -0.0847. The molecule has 21 heavy (non-hydrogen) atoms. The van der Waals surface area contributed by atoms with E-state index in [-0.39, 0.29) is 6.61 Å². The number of rotatable bonds is 5. The fraction of sp³-hybridized carbons (Fsp3) is 1.00. The summed E-state index contributed by atoms with van der Waals surface area (Å²) in [5, 5.41) is 20.0. The number of ether oxygens (including phenoxy) is 4. The summed E-state index contributed by atoms with van der Waals surface area (Å²) >= 11 is 0. The van der Waals surface area contributed by atoms with Crippen LogP contribution in [0.4, 0.5) is 0 Å². The van der Waals surface area contributed by atoms with Gasteiger partial charge in [0.25, 0.3) is 0 Å². The van der Waals surface area contributed by atoms with E-state index in [4.69, 9.17) is 28.7 Å². The molecule has 2 saturated heterocycles. The standard InChI is InChI=1S/C13H24O8/c1-12(2,16-5)21-20-11-9(15)8(14)10(18-11)7-6-17-13(3,4)19-7/h7-11,14-15H,6H2,1-5H3/t7-,8-,9+,10-,11-/m1/s1. The molecule has 8 heteroatoms. The van der Waals surface area contributed by atoms with Crippen LogP contribution < -0.4 is 0 Å². The summed E-state index contributed by atoms with van der Waals surface area (Å²) in [6.07, 6.45) is -4.80. The highest BCUT2D eigenvalue weighted by Crippen LogP contribution is 2.33. The van der Waals surface area contributed by atoms with E-state index < -0.39 is 42.3 Å². The Hall–Kier alpha value is -0.320. The highest BCUT2D eigenvalue weighted by Gasteiger charge is 2.51. The van der Waals surface area contributed by atoms with Crippen molar-refractivity contribution >= 4 is 0 Å². The fourth-order valence-electron chi connectivity index (χ4n) is 2.13. The van der Waals surface area contributed by atoms with Gasteiger partial charge in [-0.15, -0.1) is 0 Å². The zero-order valence-corrected chi connectivity index (χ0v) is 12.9. The van der Waals surface area contributed by atoms with Crippen molar-refractivity contribution in [1.82, 2.24) is 0 Å². The van der Waals surface area contributed by atoms with Crippen LogP contribution in [0.25, 0.3) is 0 Å². The number of aliphatic hydroxyl groups is 2. The Morgan fingerprint density at radius 2 is 1.86 bits per heavy atom. The van der Waals surface area contributed by atoms with E-state index in [0.29, 0.717) is 0 Å². The van der Waals surface area contributed by atoms with Crippen molar-refractivity contribution in [3.63, 3.8) is 0 Å². The molecule has 2 heterocycles. The molecule has 0 aliphatic carbocycles. The van der Waals surface area contributed by atoms with Crippen LogP contribution in [0.3, 0.4) is 0 Å². The van der Waals surface area contributed by atoms with Crippen LogP contribution in [0, 0.1) is 0 Å². The molecule has 2 aliphatic heterocycles. The maximum absolute atomic E-state index is 10.1. The Morgan fingerprint density at radius 1 is 1.19 bits per heavy atom. The van der Waals surface area contributed by atoms with Gasteiger partial charge in [-0.3, -0.25) is 0 Å². The Kier molecular flexibility index (Phi) is 4.91. The molecule has 2 fully saturated rings. The first kappa shape index (κ1) is 17.0. The molecule has 0 spiro atoms. The van der Waals surface area contributed by atoms with Gasteiger partial charge in [-0.05, 0) is 27.7 Å². The second-order valence-corrected chi connectivity index (χ2v) is 6.10. The average molecular weight is 308 g/mol. The molecule has 124 valence electrons. The van der Waals surface area contributed by atoms with E-state index in [1.165, 1.54) is 7.11 Å². The highest BCUT2D eigenvalue weighted by molar-refractivity contribution is 4.93. The summed E-state index contributed by atoms with van der Waals surface area (Å²) in [4.78, 5) is 10.1. The molecule has 0 aromatic rings. The molecule has 0 saturated carbocycles. The summed E-state index contributed by atoms with van der Waals surface area (Å²) in [6.45, 7) is 7.07. The first-order valence-electron chi connectivity index (χ1n) is 6.88. The molecule has 2 aliphatic rings. The van der Waals surface area contributed by atoms with E-state index in [0.717, 1.165) is 0 Å². The molecule has 0 bridgehead atoms. The van der Waals surface area contributed by atoms with Gasteiger partial charge in [0.05, 0.1) is 6.61 Å². The molecule has 0 aromatic carbocycles. The van der Waals surface area contributed by atoms with Gasteiger partial charge < -0.3 is 29.2 Å². The Labute approximate surface area is 123 Å². The number of methoxy groups -OCH3 is 1. The zero-order valence-electron chi connectivity index (χ0n) is 12.9. The molecule has 0 aromatic heterocycles. The molecule has 0 amide bonds. The molecule has 0 unspecified atom stereocenters. The summed E-state index contributed by atoms with van der Waals surface area (Å²) in [7, 11) is 1.46. The average Bonchev–Trinajstić information content (AvgIpc) is 2.90. The van der Waals surface area contributed by atoms with E-state index in [1.54, 1.807) is 27.7 Å². The summed E-state index contributed by atoms with van der Waals surface area (Å²) in [5.41, 5.74) is 0. The molecule has 8 nitrogen and oxygen atoms in total. The van der Waals surface area contributed by atoms with Crippen LogP contribution in [0.15, 0.2) is 0 Å². The van der Waals surface area contributed by atoms with Crippen LogP contribution in [0.1, 0.15) is 27.7 Å². The maximum atomic E-state index is 10.1. The minimum atomic E-state index is -1.25. The van der Waals surface area contributed by atoms with Crippen molar-refractivity contribution in [2.24, 2.45) is 0 Å². The van der Waals surface area contributed by atoms with E-state index in [1.807, 2.05) is 0 Å². The summed E-state index contributed by atoms with van der Waals surface area (Å²) in [6, 6.07) is 0. The van der Waals surface area contributed by atoms with Crippen molar-refractivity contribution in [2.45, 2.75) is 70.0 Å². The monoisotopic (exact) mass is 308 g/mol. The second-order valence-electron chi connectivity index (χ2n) is 6.10. The molecule has 5 atom stereocenters. The SMILES string of the molecule is COC(C)(C)OO[C@H]1O[C@H]([C@H]2COC(C)(C)O2)[C@H](O)[C@@H]1O. The first-order chi connectivity index (χ1) is 9.65. The van der Waals surface area contributed by atoms with Crippen LogP contribution >= 0.6 is 0 Å². The summed E-state index contributed by atoms with van der Waals surface area (Å²) < 4.78 is 21.6. The highest BCUT2D eigenvalue weighted by atomic mass is 17.3. The van der Waals surface area contributed by atoms with Crippen LogP contribution in [-0.4, -0.2) is 66.2 Å². The largest absolute Gasteiger partial charge is 0.387 e. The third-order valence-electron chi connectivity index (χ3n) is 3.49. The lowest BCUT2D eigenvalue weighted by Gasteiger charge is -2.24.